The van der Waals surface area contributed by atoms with Crippen molar-refractivity contribution in [2.75, 3.05) is 11.4 Å². The Kier molecular flexibility index (Phi) is 3.56. The largest absolute Gasteiger partial charge is 0.343 e. The number of pyridine rings is 1. The molecule has 1 atom stereocenters. The lowest BCUT2D eigenvalue weighted by Gasteiger charge is -2.32. The van der Waals surface area contributed by atoms with Gasteiger partial charge in [0.1, 0.15) is 12.6 Å². The van der Waals surface area contributed by atoms with Crippen LogP contribution in [-0.4, -0.2) is 29.4 Å². The number of amides is 2. The summed E-state index contributed by atoms with van der Waals surface area (Å²) < 4.78 is 0. The quantitative estimate of drug-likeness (QED) is 0.935. The van der Waals surface area contributed by atoms with E-state index in [0.29, 0.717) is 6.42 Å². The number of hydrogen-bond acceptors (Lipinski definition) is 3. The van der Waals surface area contributed by atoms with Crippen molar-refractivity contribution in [1.82, 2.24) is 10.3 Å². The molecule has 1 fully saturated rings. The fraction of sp³-hybridized carbons (Fsp3) is 0.312. The number of anilines is 1. The van der Waals surface area contributed by atoms with Gasteiger partial charge < -0.3 is 10.2 Å². The number of carbonyl (C=O) groups is 2. The lowest BCUT2D eigenvalue weighted by atomic mass is 10.1. The summed E-state index contributed by atoms with van der Waals surface area (Å²) in [6.07, 6.45) is 3.25. The van der Waals surface area contributed by atoms with Crippen molar-refractivity contribution in [3.63, 3.8) is 0 Å². The Hall–Kier alpha value is -2.43. The van der Waals surface area contributed by atoms with Crippen molar-refractivity contribution in [2.24, 2.45) is 0 Å². The van der Waals surface area contributed by atoms with E-state index in [0.717, 1.165) is 23.0 Å². The molecule has 2 heterocycles. The molecular formula is C16H17N3O2. The third-order valence-electron chi connectivity index (χ3n) is 3.68. The highest BCUT2D eigenvalue weighted by molar-refractivity contribution is 6.07. The highest BCUT2D eigenvalue weighted by Gasteiger charge is 2.32. The van der Waals surface area contributed by atoms with Crippen LogP contribution in [0.1, 0.15) is 19.8 Å². The van der Waals surface area contributed by atoms with Gasteiger partial charge in [-0.05, 0) is 30.7 Å². The van der Waals surface area contributed by atoms with Gasteiger partial charge in [-0.25, -0.2) is 0 Å². The van der Waals surface area contributed by atoms with Gasteiger partial charge in [0, 0.05) is 17.3 Å². The minimum Gasteiger partial charge on any atom is -0.343 e. The normalized spacial score (nSPS) is 18.9. The van der Waals surface area contributed by atoms with Gasteiger partial charge in [0.15, 0.2) is 0 Å². The first-order valence-electron chi connectivity index (χ1n) is 7.14. The van der Waals surface area contributed by atoms with Crippen LogP contribution in [0, 0.1) is 0 Å². The number of piperazine rings is 1. The van der Waals surface area contributed by atoms with E-state index < -0.39 is 6.04 Å². The second-order valence-corrected chi connectivity index (χ2v) is 5.21. The summed E-state index contributed by atoms with van der Waals surface area (Å²) in [5, 5.41) is 3.72. The molecule has 5 nitrogen and oxygen atoms in total. The Balaban J connectivity index is 1.95. The van der Waals surface area contributed by atoms with E-state index >= 15 is 0 Å². The first-order valence-corrected chi connectivity index (χ1v) is 7.14. The van der Waals surface area contributed by atoms with Gasteiger partial charge in [-0.3, -0.25) is 14.6 Å². The van der Waals surface area contributed by atoms with Crippen LogP contribution in [-0.2, 0) is 9.59 Å². The van der Waals surface area contributed by atoms with Gasteiger partial charge in [0.25, 0.3) is 0 Å². The maximum Gasteiger partial charge on any atom is 0.250 e. The lowest BCUT2D eigenvalue weighted by Crippen LogP contribution is -2.58. The van der Waals surface area contributed by atoms with Crippen LogP contribution >= 0.6 is 0 Å². The zero-order valence-corrected chi connectivity index (χ0v) is 11.9. The van der Waals surface area contributed by atoms with Crippen molar-refractivity contribution in [3.05, 3.63) is 36.5 Å². The molecule has 1 aromatic heterocycles. The topological polar surface area (TPSA) is 62.3 Å². The molecule has 108 valence electrons. The number of carbonyl (C=O) groups excluding carboxylic acids is 2. The van der Waals surface area contributed by atoms with Crippen molar-refractivity contribution < 1.29 is 9.59 Å². The van der Waals surface area contributed by atoms with E-state index in [4.69, 9.17) is 0 Å². The summed E-state index contributed by atoms with van der Waals surface area (Å²) in [5.41, 5.74) is 1.62. The molecule has 2 amide bonds. The maximum absolute atomic E-state index is 12.5. The molecule has 1 aromatic carbocycles. The fourth-order valence-electron chi connectivity index (χ4n) is 2.65. The smallest absolute Gasteiger partial charge is 0.250 e. The number of nitrogens with one attached hydrogen (secondary N) is 1. The van der Waals surface area contributed by atoms with E-state index in [1.165, 1.54) is 0 Å². The Bertz CT molecular complexity index is 699. The van der Waals surface area contributed by atoms with Gasteiger partial charge in [0.2, 0.25) is 11.8 Å². The zero-order chi connectivity index (χ0) is 14.8. The summed E-state index contributed by atoms with van der Waals surface area (Å²) >= 11 is 0. The van der Waals surface area contributed by atoms with Crippen LogP contribution in [0.2, 0.25) is 0 Å². The average Bonchev–Trinajstić information content (AvgIpc) is 2.50. The predicted octanol–water partition coefficient (Wildman–Crippen LogP) is 1.87. The molecule has 1 aliphatic heterocycles. The molecule has 1 saturated heterocycles. The Morgan fingerprint density at radius 2 is 2.19 bits per heavy atom. The van der Waals surface area contributed by atoms with Crippen molar-refractivity contribution in [2.45, 2.75) is 25.8 Å². The number of aromatic nitrogens is 1. The van der Waals surface area contributed by atoms with E-state index in [-0.39, 0.29) is 18.4 Å². The Labute approximate surface area is 123 Å². The van der Waals surface area contributed by atoms with Crippen LogP contribution in [0.25, 0.3) is 10.9 Å². The second-order valence-electron chi connectivity index (χ2n) is 5.21. The van der Waals surface area contributed by atoms with Crippen molar-refractivity contribution in [3.8, 4) is 0 Å². The Morgan fingerprint density at radius 3 is 3.00 bits per heavy atom. The van der Waals surface area contributed by atoms with Crippen LogP contribution in [0.4, 0.5) is 5.69 Å². The predicted molar refractivity (Wildman–Crippen MR) is 80.9 cm³/mol. The zero-order valence-electron chi connectivity index (χ0n) is 11.9. The lowest BCUT2D eigenvalue weighted by molar-refractivity contribution is -0.131. The van der Waals surface area contributed by atoms with Crippen molar-refractivity contribution >= 4 is 28.4 Å². The van der Waals surface area contributed by atoms with E-state index in [9.17, 15) is 9.59 Å². The molecule has 21 heavy (non-hydrogen) atoms. The minimum absolute atomic E-state index is 0.0420. The molecule has 2 aromatic rings. The molecule has 1 aliphatic rings. The SMILES string of the molecule is CCCC1NC(=O)CN(c2ccc3ncccc3c2)C1=O. The first kappa shape index (κ1) is 13.5. The molecule has 0 radical (unpaired) electrons. The fourth-order valence-corrected chi connectivity index (χ4v) is 2.65. The molecule has 0 bridgehead atoms. The number of benzene rings is 1. The molecule has 0 spiro atoms. The van der Waals surface area contributed by atoms with Crippen LogP contribution in [0.5, 0.6) is 0 Å². The monoisotopic (exact) mass is 283 g/mol. The molecule has 0 saturated carbocycles. The third-order valence-corrected chi connectivity index (χ3v) is 3.68. The second kappa shape index (κ2) is 5.52. The van der Waals surface area contributed by atoms with Gasteiger partial charge in [-0.2, -0.15) is 0 Å². The van der Waals surface area contributed by atoms with E-state index in [2.05, 4.69) is 10.3 Å². The van der Waals surface area contributed by atoms with Gasteiger partial charge >= 0.3 is 0 Å². The maximum atomic E-state index is 12.5. The summed E-state index contributed by atoms with van der Waals surface area (Å²) in [6.45, 7) is 2.07. The standard InChI is InChI=1S/C16H17N3O2/c1-2-4-14-16(21)19(10-15(20)18-14)12-6-7-13-11(9-12)5-3-8-17-13/h3,5-9,14H,2,4,10H2,1H3,(H,18,20). The number of hydrogen-bond donors (Lipinski definition) is 1. The van der Waals surface area contributed by atoms with Crippen LogP contribution < -0.4 is 10.2 Å². The van der Waals surface area contributed by atoms with Gasteiger partial charge in [-0.15, -0.1) is 0 Å². The number of rotatable bonds is 3. The van der Waals surface area contributed by atoms with Crippen molar-refractivity contribution in [1.29, 1.82) is 0 Å². The highest BCUT2D eigenvalue weighted by Crippen LogP contribution is 2.23. The summed E-state index contributed by atoms with van der Waals surface area (Å²) in [5.74, 6) is -0.154. The molecule has 1 unspecified atom stereocenters. The van der Waals surface area contributed by atoms with E-state index in [1.807, 2.05) is 37.3 Å². The average molecular weight is 283 g/mol. The number of fused-ring (bicyclic) bond motifs is 1. The van der Waals surface area contributed by atoms with Gasteiger partial charge in [0.05, 0.1) is 5.52 Å². The van der Waals surface area contributed by atoms with Crippen LogP contribution in [0.3, 0.4) is 0 Å². The van der Waals surface area contributed by atoms with Crippen LogP contribution in [0.15, 0.2) is 36.5 Å². The minimum atomic E-state index is -0.416. The summed E-state index contributed by atoms with van der Waals surface area (Å²) in [4.78, 5) is 30.1. The van der Waals surface area contributed by atoms with E-state index in [1.54, 1.807) is 11.1 Å². The number of nitrogens with zero attached hydrogens (tertiary/aromatic N) is 2. The first-order chi connectivity index (χ1) is 10.2. The Morgan fingerprint density at radius 1 is 1.33 bits per heavy atom. The molecular weight excluding hydrogens is 266 g/mol. The molecule has 0 aliphatic carbocycles. The molecule has 5 heteroatoms. The summed E-state index contributed by atoms with van der Waals surface area (Å²) in [6, 6.07) is 9.01. The highest BCUT2D eigenvalue weighted by atomic mass is 16.2. The summed E-state index contributed by atoms with van der Waals surface area (Å²) in [7, 11) is 0. The third kappa shape index (κ3) is 2.59. The van der Waals surface area contributed by atoms with Gasteiger partial charge in [-0.1, -0.05) is 19.4 Å². The molecule has 3 rings (SSSR count). The molecule has 1 N–H and O–H groups in total.